The summed E-state index contributed by atoms with van der Waals surface area (Å²) in [6.07, 6.45) is 6.38. The minimum absolute atomic E-state index is 0.151. The largest absolute Gasteiger partial charge is 0.337 e. The first kappa shape index (κ1) is 18.4. The van der Waals surface area contributed by atoms with E-state index in [2.05, 4.69) is 33.5 Å². The first-order valence-electron chi connectivity index (χ1n) is 8.76. The maximum Gasteiger partial charge on any atom is 0.231 e. The molecule has 8 heteroatoms. The normalized spacial score (nSPS) is 15.9. The number of rotatable bonds is 8. The molecular formula is C18H22N6OS. The molecule has 2 aromatic rings. The van der Waals surface area contributed by atoms with Crippen molar-refractivity contribution in [1.82, 2.24) is 25.1 Å². The van der Waals surface area contributed by atoms with Crippen LogP contribution < -0.4 is 5.32 Å². The maximum atomic E-state index is 12.3. The van der Waals surface area contributed by atoms with Gasteiger partial charge in [0.05, 0.1) is 11.8 Å². The highest BCUT2D eigenvalue weighted by Gasteiger charge is 2.42. The lowest BCUT2D eigenvalue weighted by Gasteiger charge is -2.22. The van der Waals surface area contributed by atoms with Gasteiger partial charge in [0.25, 0.3) is 0 Å². The molecule has 1 unspecified atom stereocenters. The molecule has 2 aromatic heterocycles. The fraction of sp³-hybridized carbons (Fsp3) is 0.500. The molecule has 1 fully saturated rings. The Labute approximate surface area is 157 Å². The molecule has 0 bridgehead atoms. The molecule has 3 rings (SSSR count). The Kier molecular flexibility index (Phi) is 5.57. The molecule has 7 nitrogen and oxygen atoms in total. The van der Waals surface area contributed by atoms with Crippen molar-refractivity contribution < 1.29 is 4.79 Å². The summed E-state index contributed by atoms with van der Waals surface area (Å²) >= 11 is 1.35. The highest BCUT2D eigenvalue weighted by Crippen LogP contribution is 2.39. The number of amides is 1. The highest BCUT2D eigenvalue weighted by atomic mass is 32.2. The fourth-order valence-corrected chi connectivity index (χ4v) is 3.64. The molecule has 1 aliphatic carbocycles. The molecule has 1 aliphatic rings. The van der Waals surface area contributed by atoms with Gasteiger partial charge in [0.1, 0.15) is 5.54 Å². The zero-order chi connectivity index (χ0) is 18.6. The van der Waals surface area contributed by atoms with E-state index < -0.39 is 5.54 Å². The Morgan fingerprint density at radius 3 is 2.77 bits per heavy atom. The van der Waals surface area contributed by atoms with Crippen LogP contribution in [0.1, 0.15) is 33.1 Å². The summed E-state index contributed by atoms with van der Waals surface area (Å²) in [6, 6.07) is 6.03. The molecule has 0 spiro atoms. The molecule has 1 N–H and O–H groups in total. The van der Waals surface area contributed by atoms with Crippen molar-refractivity contribution in [2.24, 2.45) is 5.92 Å². The van der Waals surface area contributed by atoms with Gasteiger partial charge >= 0.3 is 0 Å². The molecule has 0 radical (unpaired) electrons. The summed E-state index contributed by atoms with van der Waals surface area (Å²) in [7, 11) is 0. The van der Waals surface area contributed by atoms with Gasteiger partial charge in [-0.15, -0.1) is 10.2 Å². The lowest BCUT2D eigenvalue weighted by Crippen LogP contribution is -2.47. The molecule has 1 amide bonds. The van der Waals surface area contributed by atoms with Crippen molar-refractivity contribution in [2.45, 2.75) is 50.4 Å². The molecule has 1 atom stereocenters. The Balaban J connectivity index is 1.69. The van der Waals surface area contributed by atoms with Crippen molar-refractivity contribution in [3.05, 3.63) is 24.5 Å². The average Bonchev–Trinajstić information content (AvgIpc) is 3.44. The van der Waals surface area contributed by atoms with Gasteiger partial charge in [-0.2, -0.15) is 5.26 Å². The Hall–Kier alpha value is -2.40. The van der Waals surface area contributed by atoms with E-state index in [0.29, 0.717) is 5.16 Å². The number of carbonyl (C=O) groups excluding carboxylic acids is 1. The van der Waals surface area contributed by atoms with Gasteiger partial charge in [-0.25, -0.2) is 0 Å². The summed E-state index contributed by atoms with van der Waals surface area (Å²) in [6.45, 7) is 4.66. The van der Waals surface area contributed by atoms with Crippen LogP contribution in [0, 0.1) is 17.2 Å². The van der Waals surface area contributed by atoms with Gasteiger partial charge in [-0.3, -0.25) is 9.78 Å². The number of hydrogen-bond donors (Lipinski definition) is 1. The molecule has 1 saturated carbocycles. The summed E-state index contributed by atoms with van der Waals surface area (Å²) in [5.74, 6) is 1.10. The average molecular weight is 370 g/mol. The second kappa shape index (κ2) is 7.87. The van der Waals surface area contributed by atoms with E-state index in [-0.39, 0.29) is 17.6 Å². The predicted molar refractivity (Wildman–Crippen MR) is 99.2 cm³/mol. The molecule has 136 valence electrons. The highest BCUT2D eigenvalue weighted by molar-refractivity contribution is 7.99. The zero-order valence-electron chi connectivity index (χ0n) is 15.0. The number of pyridine rings is 1. The van der Waals surface area contributed by atoms with Crippen molar-refractivity contribution in [3.8, 4) is 17.5 Å². The van der Waals surface area contributed by atoms with Crippen LogP contribution >= 0.6 is 11.8 Å². The number of carbonyl (C=O) groups is 1. The second-order valence-electron chi connectivity index (χ2n) is 6.62. The van der Waals surface area contributed by atoms with E-state index in [4.69, 9.17) is 0 Å². The molecule has 26 heavy (non-hydrogen) atoms. The molecule has 0 aromatic carbocycles. The first-order valence-corrected chi connectivity index (χ1v) is 9.74. The van der Waals surface area contributed by atoms with Crippen LogP contribution in [0.2, 0.25) is 0 Å². The lowest BCUT2D eigenvalue weighted by atomic mass is 9.98. The number of aromatic nitrogens is 4. The standard InChI is InChI=1S/C18H22N6OS/c1-3-10-24-16(13-6-8-20-9-7-13)22-23-17(24)26-11-15(25)21-18(2,12-19)14-4-5-14/h6-9,14H,3-5,10-11H2,1-2H3,(H,21,25). The van der Waals surface area contributed by atoms with E-state index >= 15 is 0 Å². The van der Waals surface area contributed by atoms with Crippen molar-refractivity contribution in [2.75, 3.05) is 5.75 Å². The number of nitrogens with one attached hydrogen (secondary N) is 1. The monoisotopic (exact) mass is 370 g/mol. The van der Waals surface area contributed by atoms with E-state index in [1.807, 2.05) is 16.7 Å². The topological polar surface area (TPSA) is 96.5 Å². The Morgan fingerprint density at radius 1 is 1.42 bits per heavy atom. The fourth-order valence-electron chi connectivity index (χ4n) is 2.87. The van der Waals surface area contributed by atoms with Gasteiger partial charge in [-0.05, 0) is 44.2 Å². The number of nitrogens with zero attached hydrogens (tertiary/aromatic N) is 5. The van der Waals surface area contributed by atoms with Crippen LogP contribution in [0.25, 0.3) is 11.4 Å². The number of nitriles is 1. The van der Waals surface area contributed by atoms with Crippen LogP contribution in [0.3, 0.4) is 0 Å². The SMILES string of the molecule is CCCn1c(SCC(=O)NC(C)(C#N)C2CC2)nnc1-c1ccncc1. The van der Waals surface area contributed by atoms with Gasteiger partial charge < -0.3 is 9.88 Å². The van der Waals surface area contributed by atoms with E-state index in [1.165, 1.54) is 11.8 Å². The third kappa shape index (κ3) is 4.05. The minimum atomic E-state index is -0.767. The van der Waals surface area contributed by atoms with E-state index in [1.54, 1.807) is 19.3 Å². The van der Waals surface area contributed by atoms with Crippen LogP contribution in [-0.2, 0) is 11.3 Å². The number of thioether (sulfide) groups is 1. The van der Waals surface area contributed by atoms with E-state index in [9.17, 15) is 10.1 Å². The lowest BCUT2D eigenvalue weighted by molar-refractivity contribution is -0.119. The van der Waals surface area contributed by atoms with Crippen molar-refractivity contribution >= 4 is 17.7 Å². The van der Waals surface area contributed by atoms with Crippen LogP contribution in [0.5, 0.6) is 0 Å². The number of hydrogen-bond acceptors (Lipinski definition) is 6. The van der Waals surface area contributed by atoms with E-state index in [0.717, 1.165) is 37.2 Å². The third-order valence-electron chi connectivity index (χ3n) is 4.46. The summed E-state index contributed by atoms with van der Waals surface area (Å²) in [4.78, 5) is 16.4. The van der Waals surface area contributed by atoms with Gasteiger partial charge in [0.15, 0.2) is 11.0 Å². The smallest absolute Gasteiger partial charge is 0.231 e. The van der Waals surface area contributed by atoms with Crippen LogP contribution in [-0.4, -0.2) is 36.9 Å². The predicted octanol–water partition coefficient (Wildman–Crippen LogP) is 2.65. The van der Waals surface area contributed by atoms with Gasteiger partial charge in [0, 0.05) is 24.5 Å². The first-order chi connectivity index (χ1) is 12.6. The zero-order valence-corrected chi connectivity index (χ0v) is 15.8. The van der Waals surface area contributed by atoms with Crippen LogP contribution in [0.4, 0.5) is 0 Å². The molecule has 0 saturated heterocycles. The maximum absolute atomic E-state index is 12.3. The summed E-state index contributed by atoms with van der Waals surface area (Å²) in [5.41, 5.74) is 0.180. The van der Waals surface area contributed by atoms with Gasteiger partial charge in [-0.1, -0.05) is 18.7 Å². The van der Waals surface area contributed by atoms with Gasteiger partial charge in [0.2, 0.25) is 5.91 Å². The third-order valence-corrected chi connectivity index (χ3v) is 5.43. The quantitative estimate of drug-likeness (QED) is 0.718. The minimum Gasteiger partial charge on any atom is -0.337 e. The Bertz CT molecular complexity index is 811. The van der Waals surface area contributed by atoms with Crippen molar-refractivity contribution in [1.29, 1.82) is 5.26 Å². The summed E-state index contributed by atoms with van der Waals surface area (Å²) in [5, 5.41) is 21.5. The molecule has 0 aliphatic heterocycles. The summed E-state index contributed by atoms with van der Waals surface area (Å²) < 4.78 is 2.03. The molecule has 2 heterocycles. The second-order valence-corrected chi connectivity index (χ2v) is 7.56. The van der Waals surface area contributed by atoms with Crippen molar-refractivity contribution in [3.63, 3.8) is 0 Å². The molecular weight excluding hydrogens is 348 g/mol. The van der Waals surface area contributed by atoms with Crippen LogP contribution in [0.15, 0.2) is 29.7 Å². The Morgan fingerprint density at radius 2 is 2.15 bits per heavy atom.